The number of rotatable bonds is 19. The Bertz CT molecular complexity index is 2510. The highest BCUT2D eigenvalue weighted by molar-refractivity contribution is 6.90. The molecule has 1 aliphatic heterocycles. The van der Waals surface area contributed by atoms with Crippen LogP contribution in [0.25, 0.3) is 43.1 Å². The molecule has 0 aromatic heterocycles. The van der Waals surface area contributed by atoms with Crippen molar-refractivity contribution in [1.82, 2.24) is 0 Å². The molecule has 1 saturated heterocycles. The number of hydrogen-bond donors (Lipinski definition) is 0. The van der Waals surface area contributed by atoms with E-state index in [0.717, 1.165) is 5.46 Å². The highest BCUT2D eigenvalue weighted by atomic mass is 28.3. The van der Waals surface area contributed by atoms with E-state index in [9.17, 15) is 0 Å². The molecule has 5 aromatic carbocycles. The van der Waals surface area contributed by atoms with Gasteiger partial charge in [0.1, 0.15) is 16.1 Å². The summed E-state index contributed by atoms with van der Waals surface area (Å²) in [6.07, 6.45) is 15.8. The fourth-order valence-corrected chi connectivity index (χ4v) is 19.8. The van der Waals surface area contributed by atoms with Crippen LogP contribution >= 0.6 is 0 Å². The van der Waals surface area contributed by atoms with Gasteiger partial charge in [0.05, 0.1) is 11.2 Å². The summed E-state index contributed by atoms with van der Waals surface area (Å²) in [5.41, 5.74) is 13.4. The van der Waals surface area contributed by atoms with Crippen molar-refractivity contribution in [2.75, 3.05) is 0 Å². The van der Waals surface area contributed by atoms with Gasteiger partial charge in [-0.1, -0.05) is 201 Å². The fourth-order valence-electron chi connectivity index (χ4n) is 11.0. The summed E-state index contributed by atoms with van der Waals surface area (Å²) in [7, 11) is -4.53. The van der Waals surface area contributed by atoms with Gasteiger partial charge in [0.15, 0.2) is 0 Å². The minimum absolute atomic E-state index is 0.410. The second-order valence-electron chi connectivity index (χ2n) is 22.3. The van der Waals surface area contributed by atoms with Crippen molar-refractivity contribution < 1.29 is 9.31 Å². The van der Waals surface area contributed by atoms with Gasteiger partial charge in [-0.05, 0) is 135 Å². The van der Waals surface area contributed by atoms with Crippen molar-refractivity contribution in [2.45, 2.75) is 219 Å². The van der Waals surface area contributed by atoms with Crippen LogP contribution in [0.15, 0.2) is 66.7 Å². The topological polar surface area (TPSA) is 18.5 Å². The first-order chi connectivity index (χ1) is 30.9. The summed E-state index contributed by atoms with van der Waals surface area (Å²) in [4.78, 5) is 0. The minimum Gasteiger partial charge on any atom is -0.399 e. The lowest BCUT2D eigenvalue weighted by Crippen LogP contribution is -2.41. The molecule has 2 nitrogen and oxygen atoms in total. The molecule has 0 radical (unpaired) electrons. The Morgan fingerprint density at radius 3 is 1.20 bits per heavy atom. The van der Waals surface area contributed by atoms with Crippen molar-refractivity contribution in [2.24, 2.45) is 0 Å². The fraction of sp³-hybridized carbons (Fsp3) is 0.567. The van der Waals surface area contributed by atoms with E-state index in [-0.39, 0.29) is 0 Å². The third-order valence-electron chi connectivity index (χ3n) is 16.3. The van der Waals surface area contributed by atoms with Gasteiger partial charge >= 0.3 is 7.12 Å². The molecule has 0 unspecified atom stereocenters. The van der Waals surface area contributed by atoms with Crippen LogP contribution in [0, 0.1) is 22.9 Å². The SMILES string of the molecule is CCCCCCCC[Si](C#Cc1c2cc3ccccc3cc2c(C#C[Si](CCCCCCCC)(C(C)C)C(C)C)c2cc3cc(B4OC(C)(C)C(C)(C)O4)ccc3cc12)(C(C)C)C(C)C. The summed E-state index contributed by atoms with van der Waals surface area (Å²) >= 11 is 0. The predicted molar refractivity (Wildman–Crippen MR) is 294 cm³/mol. The van der Waals surface area contributed by atoms with E-state index in [2.05, 4.69) is 187 Å². The number of unbranched alkanes of at least 4 members (excludes halogenated alkanes) is 10. The van der Waals surface area contributed by atoms with Gasteiger partial charge in [0.2, 0.25) is 0 Å². The van der Waals surface area contributed by atoms with Gasteiger partial charge in [-0.2, -0.15) is 0 Å². The van der Waals surface area contributed by atoms with Crippen LogP contribution in [0.3, 0.4) is 0 Å². The maximum Gasteiger partial charge on any atom is 0.494 e. The Kier molecular flexibility index (Phi) is 17.1. The summed E-state index contributed by atoms with van der Waals surface area (Å²) < 4.78 is 13.2. The molecule has 0 bridgehead atoms. The highest BCUT2D eigenvalue weighted by Crippen LogP contribution is 2.42. The van der Waals surface area contributed by atoms with Gasteiger partial charge in [0.25, 0.3) is 0 Å². The standard InChI is InChI=1S/C60H85BO2Si2/c1-15-17-19-21-23-27-35-64(44(3)4,45(5)6)37-33-53-55-40-48-29-25-26-30-49(48)41-56(55)54(34-38-65(46(7)8,47(9)10)36-28-24-22-20-18-16-2)58-43-51-39-52(32-31-50(51)42-57(53)58)61-62-59(11,12)60(13,14)63-61/h25-26,29-32,39-47H,15-24,27-28,35-36H2,1-14H3. The van der Waals surface area contributed by atoms with Crippen LogP contribution in [0.1, 0.15) is 185 Å². The molecule has 65 heavy (non-hydrogen) atoms. The third-order valence-corrected chi connectivity index (χ3v) is 28.1. The van der Waals surface area contributed by atoms with Crippen LogP contribution in [-0.2, 0) is 9.31 Å². The van der Waals surface area contributed by atoms with Crippen molar-refractivity contribution in [3.8, 4) is 22.9 Å². The zero-order valence-corrected chi connectivity index (χ0v) is 45.5. The Labute approximate surface area is 399 Å². The van der Waals surface area contributed by atoms with Gasteiger partial charge in [0, 0.05) is 11.1 Å². The Hall–Kier alpha value is -3.32. The first kappa shape index (κ1) is 51.1. The lowest BCUT2D eigenvalue weighted by molar-refractivity contribution is 0.00578. The van der Waals surface area contributed by atoms with E-state index < -0.39 is 34.5 Å². The maximum atomic E-state index is 6.61. The Morgan fingerprint density at radius 1 is 0.462 bits per heavy atom. The number of fused-ring (bicyclic) bond motifs is 4. The first-order valence-corrected chi connectivity index (χ1v) is 30.9. The largest absolute Gasteiger partial charge is 0.494 e. The van der Waals surface area contributed by atoms with E-state index in [4.69, 9.17) is 9.31 Å². The quantitative estimate of drug-likeness (QED) is 0.0356. The first-order valence-electron chi connectivity index (χ1n) is 26.2. The molecule has 0 atom stereocenters. The van der Waals surface area contributed by atoms with Gasteiger partial charge in [-0.25, -0.2) is 0 Å². The summed E-state index contributed by atoms with van der Waals surface area (Å²) in [6, 6.07) is 28.0. The molecule has 0 amide bonds. The van der Waals surface area contributed by atoms with E-state index >= 15 is 0 Å². The molecule has 0 N–H and O–H groups in total. The van der Waals surface area contributed by atoms with E-state index in [0.29, 0.717) is 22.2 Å². The molecule has 6 rings (SSSR count). The minimum atomic E-state index is -2.06. The van der Waals surface area contributed by atoms with E-state index in [1.54, 1.807) is 0 Å². The zero-order valence-electron chi connectivity index (χ0n) is 43.5. The van der Waals surface area contributed by atoms with Gasteiger partial charge in [-0.15, -0.1) is 11.1 Å². The van der Waals surface area contributed by atoms with Crippen molar-refractivity contribution >= 4 is 71.8 Å². The Morgan fingerprint density at radius 2 is 0.815 bits per heavy atom. The average Bonchev–Trinajstić information content (AvgIpc) is 3.48. The van der Waals surface area contributed by atoms with E-state index in [1.807, 2.05) is 0 Å². The second kappa shape index (κ2) is 21.8. The maximum absolute atomic E-state index is 6.61. The highest BCUT2D eigenvalue weighted by Gasteiger charge is 2.51. The summed E-state index contributed by atoms with van der Waals surface area (Å²) in [5, 5.41) is 9.84. The van der Waals surface area contributed by atoms with Crippen molar-refractivity contribution in [1.29, 1.82) is 0 Å². The predicted octanol–water partition coefficient (Wildman–Crippen LogP) is 17.6. The lowest BCUT2D eigenvalue weighted by atomic mass is 9.78. The molecule has 5 heteroatoms. The summed E-state index contributed by atoms with van der Waals surface area (Å²) in [6.45, 7) is 32.9. The van der Waals surface area contributed by atoms with Crippen molar-refractivity contribution in [3.63, 3.8) is 0 Å². The molecule has 1 heterocycles. The molecule has 348 valence electrons. The van der Waals surface area contributed by atoms with Crippen LogP contribution in [0.5, 0.6) is 0 Å². The van der Waals surface area contributed by atoms with Crippen LogP contribution in [0.4, 0.5) is 0 Å². The monoisotopic (exact) mass is 905 g/mol. The van der Waals surface area contributed by atoms with Crippen LogP contribution < -0.4 is 5.46 Å². The normalized spacial score (nSPS) is 15.3. The zero-order chi connectivity index (χ0) is 47.2. The van der Waals surface area contributed by atoms with Crippen LogP contribution in [0.2, 0.25) is 34.3 Å². The molecule has 1 fully saturated rings. The van der Waals surface area contributed by atoms with Gasteiger partial charge in [-0.3, -0.25) is 0 Å². The lowest BCUT2D eigenvalue weighted by Gasteiger charge is -2.34. The Balaban J connectivity index is 1.64. The number of hydrogen-bond acceptors (Lipinski definition) is 2. The molecule has 1 aliphatic rings. The van der Waals surface area contributed by atoms with Gasteiger partial charge < -0.3 is 9.31 Å². The number of benzene rings is 5. The molecular weight excluding hydrogens is 820 g/mol. The molecule has 0 spiro atoms. The third kappa shape index (κ3) is 11.0. The molecule has 5 aromatic rings. The van der Waals surface area contributed by atoms with E-state index in [1.165, 1.54) is 143 Å². The summed E-state index contributed by atoms with van der Waals surface area (Å²) in [5.74, 6) is 8.24. The van der Waals surface area contributed by atoms with Crippen LogP contribution in [-0.4, -0.2) is 34.5 Å². The molecular formula is C60H85BO2Si2. The second-order valence-corrected chi connectivity index (χ2v) is 32.6. The average molecular weight is 905 g/mol. The molecule has 0 saturated carbocycles. The smallest absolute Gasteiger partial charge is 0.399 e. The molecule has 0 aliphatic carbocycles. The van der Waals surface area contributed by atoms with Crippen molar-refractivity contribution in [3.05, 3.63) is 77.9 Å².